The molecule has 5 N–H and O–H groups in total. The molecular formula is C19H22N4O2. The van der Waals surface area contributed by atoms with E-state index in [9.17, 15) is 0 Å². The van der Waals surface area contributed by atoms with Crippen molar-refractivity contribution in [1.82, 2.24) is 14.5 Å². The molecule has 6 nitrogen and oxygen atoms in total. The van der Waals surface area contributed by atoms with E-state index in [2.05, 4.69) is 64.2 Å². The third-order valence-electron chi connectivity index (χ3n) is 4.05. The maximum Gasteiger partial charge on any atom is 0.137 e. The number of rotatable bonds is 3. The first-order chi connectivity index (χ1) is 12.1. The topological polar surface area (TPSA) is 100 Å². The van der Waals surface area contributed by atoms with Gasteiger partial charge >= 0.3 is 0 Å². The lowest BCUT2D eigenvalue weighted by molar-refractivity contribution is 0.194. The monoisotopic (exact) mass is 338 g/mol. The summed E-state index contributed by atoms with van der Waals surface area (Å²) in [6, 6.07) is 14.2. The SMILES string of the molecule is Cn1cc(-c2cc3cccnc3[nH]2)c2ccccc21.NC(CO)CO. The van der Waals surface area contributed by atoms with Gasteiger partial charge in [-0.25, -0.2) is 4.98 Å². The number of aliphatic hydroxyl groups excluding tert-OH is 2. The fraction of sp³-hybridized carbons (Fsp3) is 0.211. The van der Waals surface area contributed by atoms with Crippen molar-refractivity contribution in [3.05, 3.63) is 54.9 Å². The minimum Gasteiger partial charge on any atom is -0.395 e. The van der Waals surface area contributed by atoms with Crippen LogP contribution in [0.25, 0.3) is 33.2 Å². The predicted molar refractivity (Wildman–Crippen MR) is 100 cm³/mol. The number of benzene rings is 1. The summed E-state index contributed by atoms with van der Waals surface area (Å²) in [5.41, 5.74) is 9.48. The molecule has 3 heterocycles. The van der Waals surface area contributed by atoms with Crippen molar-refractivity contribution in [2.75, 3.05) is 13.2 Å². The largest absolute Gasteiger partial charge is 0.395 e. The van der Waals surface area contributed by atoms with Crippen LogP contribution in [0.2, 0.25) is 0 Å². The van der Waals surface area contributed by atoms with Crippen LogP contribution in [-0.4, -0.2) is 44.0 Å². The van der Waals surface area contributed by atoms with Gasteiger partial charge in [-0.2, -0.15) is 0 Å². The number of aromatic nitrogens is 3. The van der Waals surface area contributed by atoms with Gasteiger partial charge in [-0.1, -0.05) is 18.2 Å². The molecule has 25 heavy (non-hydrogen) atoms. The zero-order valence-corrected chi connectivity index (χ0v) is 14.1. The molecule has 1 aromatic carbocycles. The van der Waals surface area contributed by atoms with Crippen molar-refractivity contribution < 1.29 is 10.2 Å². The van der Waals surface area contributed by atoms with Crippen LogP contribution < -0.4 is 5.73 Å². The second kappa shape index (κ2) is 7.48. The van der Waals surface area contributed by atoms with Gasteiger partial charge in [0.1, 0.15) is 5.65 Å². The molecule has 6 heteroatoms. The van der Waals surface area contributed by atoms with E-state index in [1.165, 1.54) is 16.5 Å². The van der Waals surface area contributed by atoms with E-state index >= 15 is 0 Å². The van der Waals surface area contributed by atoms with E-state index in [-0.39, 0.29) is 13.2 Å². The van der Waals surface area contributed by atoms with Crippen LogP contribution in [-0.2, 0) is 7.05 Å². The third kappa shape index (κ3) is 3.56. The van der Waals surface area contributed by atoms with Gasteiger partial charge < -0.3 is 25.5 Å². The van der Waals surface area contributed by atoms with Crippen LogP contribution in [0.5, 0.6) is 0 Å². The maximum absolute atomic E-state index is 8.05. The van der Waals surface area contributed by atoms with Crippen LogP contribution >= 0.6 is 0 Å². The minimum absolute atomic E-state index is 0.142. The molecule has 130 valence electrons. The number of H-pyrrole nitrogens is 1. The van der Waals surface area contributed by atoms with E-state index in [1.54, 1.807) is 0 Å². The average molecular weight is 338 g/mol. The average Bonchev–Trinajstić information content (AvgIpc) is 3.23. The molecular weight excluding hydrogens is 316 g/mol. The summed E-state index contributed by atoms with van der Waals surface area (Å²) in [7, 11) is 2.08. The Balaban J connectivity index is 0.000000265. The van der Waals surface area contributed by atoms with Gasteiger partial charge in [0.2, 0.25) is 0 Å². The normalized spacial score (nSPS) is 11.1. The van der Waals surface area contributed by atoms with Gasteiger partial charge in [0, 0.05) is 47.0 Å². The second-order valence-electron chi connectivity index (χ2n) is 5.92. The number of hydrogen-bond donors (Lipinski definition) is 4. The molecule has 0 radical (unpaired) electrons. The quantitative estimate of drug-likeness (QED) is 0.459. The Morgan fingerprint density at radius 1 is 1.16 bits per heavy atom. The lowest BCUT2D eigenvalue weighted by Gasteiger charge is -1.98. The molecule has 0 atom stereocenters. The number of aryl methyl sites for hydroxylation is 1. The highest BCUT2D eigenvalue weighted by Crippen LogP contribution is 2.31. The Morgan fingerprint density at radius 3 is 2.60 bits per heavy atom. The zero-order valence-electron chi connectivity index (χ0n) is 14.1. The van der Waals surface area contributed by atoms with E-state index in [0.717, 1.165) is 16.7 Å². The summed E-state index contributed by atoms with van der Waals surface area (Å²) in [5.74, 6) is 0. The van der Waals surface area contributed by atoms with E-state index in [0.29, 0.717) is 0 Å². The fourth-order valence-electron chi connectivity index (χ4n) is 2.72. The Kier molecular flexibility index (Phi) is 5.14. The van der Waals surface area contributed by atoms with Crippen molar-refractivity contribution in [2.45, 2.75) is 6.04 Å². The van der Waals surface area contributed by atoms with Crippen LogP contribution in [0.1, 0.15) is 0 Å². The van der Waals surface area contributed by atoms with Gasteiger partial charge in [-0.15, -0.1) is 0 Å². The Hall–Kier alpha value is -2.67. The van der Waals surface area contributed by atoms with Crippen molar-refractivity contribution in [1.29, 1.82) is 0 Å². The summed E-state index contributed by atoms with van der Waals surface area (Å²) in [6.07, 6.45) is 3.97. The van der Waals surface area contributed by atoms with E-state index in [4.69, 9.17) is 15.9 Å². The van der Waals surface area contributed by atoms with Gasteiger partial charge in [-0.3, -0.25) is 0 Å². The number of nitrogens with two attached hydrogens (primary N) is 1. The standard InChI is InChI=1S/C16H13N3.C3H9NO2/c1-19-10-13(12-6-2-3-7-15(12)19)14-9-11-5-4-8-17-16(11)18-14;4-3(1-5)2-6/h2-10H,1H3,(H,17,18);3,5-6H,1-2,4H2. The Labute approximate surface area is 145 Å². The van der Waals surface area contributed by atoms with Gasteiger partial charge in [0.05, 0.1) is 19.3 Å². The molecule has 4 rings (SSSR count). The van der Waals surface area contributed by atoms with Gasteiger partial charge in [0.15, 0.2) is 0 Å². The molecule has 0 amide bonds. The zero-order chi connectivity index (χ0) is 17.8. The van der Waals surface area contributed by atoms with Gasteiger partial charge in [0.25, 0.3) is 0 Å². The lowest BCUT2D eigenvalue weighted by Crippen LogP contribution is -2.27. The van der Waals surface area contributed by atoms with Crippen molar-refractivity contribution in [3.63, 3.8) is 0 Å². The summed E-state index contributed by atoms with van der Waals surface area (Å²) in [4.78, 5) is 7.74. The highest BCUT2D eigenvalue weighted by molar-refractivity contribution is 5.97. The summed E-state index contributed by atoms with van der Waals surface area (Å²) in [6.45, 7) is -0.285. The van der Waals surface area contributed by atoms with Crippen LogP contribution in [0.15, 0.2) is 54.9 Å². The van der Waals surface area contributed by atoms with E-state index in [1.807, 2.05) is 12.3 Å². The van der Waals surface area contributed by atoms with Crippen LogP contribution in [0.4, 0.5) is 0 Å². The smallest absolute Gasteiger partial charge is 0.137 e. The highest BCUT2D eigenvalue weighted by Gasteiger charge is 2.10. The number of hydrogen-bond acceptors (Lipinski definition) is 4. The molecule has 0 spiro atoms. The Bertz CT molecular complexity index is 937. The van der Waals surface area contributed by atoms with Crippen LogP contribution in [0, 0.1) is 0 Å². The fourth-order valence-corrected chi connectivity index (χ4v) is 2.72. The molecule has 4 aromatic rings. The molecule has 0 aliphatic rings. The summed E-state index contributed by atoms with van der Waals surface area (Å²) in [5, 5.41) is 18.5. The number of aromatic amines is 1. The van der Waals surface area contributed by atoms with E-state index < -0.39 is 6.04 Å². The molecule has 0 saturated heterocycles. The van der Waals surface area contributed by atoms with Crippen LogP contribution in [0.3, 0.4) is 0 Å². The predicted octanol–water partition coefficient (Wildman–Crippen LogP) is 2.02. The third-order valence-corrected chi connectivity index (χ3v) is 4.05. The highest BCUT2D eigenvalue weighted by atomic mass is 16.3. The number of aliphatic hydroxyl groups is 2. The maximum atomic E-state index is 8.05. The molecule has 0 saturated carbocycles. The molecule has 0 bridgehead atoms. The first-order valence-corrected chi connectivity index (χ1v) is 8.09. The van der Waals surface area contributed by atoms with Crippen molar-refractivity contribution in [3.8, 4) is 11.3 Å². The Morgan fingerprint density at radius 2 is 1.92 bits per heavy atom. The second-order valence-corrected chi connectivity index (χ2v) is 5.92. The minimum atomic E-state index is -0.454. The number of fused-ring (bicyclic) bond motifs is 2. The summed E-state index contributed by atoms with van der Waals surface area (Å²) < 4.78 is 2.16. The number of pyridine rings is 1. The van der Waals surface area contributed by atoms with Gasteiger partial charge in [-0.05, 0) is 24.3 Å². The first-order valence-electron chi connectivity index (χ1n) is 8.09. The first kappa shape index (κ1) is 17.2. The molecule has 0 aliphatic heterocycles. The lowest BCUT2D eigenvalue weighted by atomic mass is 10.1. The number of nitrogens with one attached hydrogen (secondary N) is 1. The van der Waals surface area contributed by atoms with Crippen molar-refractivity contribution >= 4 is 21.9 Å². The number of nitrogens with zero attached hydrogens (tertiary/aromatic N) is 2. The molecule has 3 aromatic heterocycles. The number of para-hydroxylation sites is 1. The van der Waals surface area contributed by atoms with Crippen molar-refractivity contribution in [2.24, 2.45) is 12.8 Å². The molecule has 0 fully saturated rings. The summed E-state index contributed by atoms with van der Waals surface area (Å²) >= 11 is 0. The molecule has 0 aliphatic carbocycles. The molecule has 0 unspecified atom stereocenters.